The highest BCUT2D eigenvalue weighted by atomic mass is 16.5. The number of aryl methyl sites for hydroxylation is 2. The van der Waals surface area contributed by atoms with Crippen LogP contribution >= 0.6 is 0 Å². The van der Waals surface area contributed by atoms with Gasteiger partial charge in [0.25, 0.3) is 0 Å². The lowest BCUT2D eigenvalue weighted by Crippen LogP contribution is -2.06. The molecule has 0 saturated carbocycles. The molecule has 2 aromatic carbocycles. The first-order valence-corrected chi connectivity index (χ1v) is 7.73. The number of hydrogen-bond donors (Lipinski definition) is 1. The van der Waals surface area contributed by atoms with Crippen LogP contribution in [0.15, 0.2) is 42.5 Å². The number of carboxylic acids is 1. The van der Waals surface area contributed by atoms with Crippen molar-refractivity contribution in [1.29, 1.82) is 0 Å². The van der Waals surface area contributed by atoms with Crippen LogP contribution in [0.25, 0.3) is 0 Å². The van der Waals surface area contributed by atoms with Crippen molar-refractivity contribution in [3.8, 4) is 11.5 Å². The Balaban J connectivity index is 1.71. The molecular weight excluding hydrogens is 292 g/mol. The lowest BCUT2D eigenvalue weighted by Gasteiger charge is -2.11. The fourth-order valence-electron chi connectivity index (χ4n) is 2.30. The zero-order chi connectivity index (χ0) is 16.7. The van der Waals surface area contributed by atoms with Crippen LogP contribution in [-0.2, 0) is 0 Å². The van der Waals surface area contributed by atoms with Crippen molar-refractivity contribution in [1.82, 2.24) is 0 Å². The summed E-state index contributed by atoms with van der Waals surface area (Å²) in [6, 6.07) is 12.8. The molecule has 0 fully saturated rings. The predicted octanol–water partition coefficient (Wildman–Crippen LogP) is 4.24. The highest BCUT2D eigenvalue weighted by Crippen LogP contribution is 2.20. The Labute approximate surface area is 136 Å². The first-order valence-electron chi connectivity index (χ1n) is 7.73. The third-order valence-electron chi connectivity index (χ3n) is 3.50. The van der Waals surface area contributed by atoms with Crippen LogP contribution in [0, 0.1) is 13.8 Å². The number of rotatable bonds is 8. The Kier molecular flexibility index (Phi) is 6.03. The molecule has 4 nitrogen and oxygen atoms in total. The van der Waals surface area contributed by atoms with E-state index in [0.717, 1.165) is 24.2 Å². The molecule has 0 amide bonds. The van der Waals surface area contributed by atoms with Gasteiger partial charge in [-0.15, -0.1) is 0 Å². The summed E-state index contributed by atoms with van der Waals surface area (Å²) in [6.07, 6.45) is 1.65. The summed E-state index contributed by atoms with van der Waals surface area (Å²) in [6.45, 7) is 5.19. The fraction of sp³-hybridized carbons (Fsp3) is 0.316. The molecule has 0 spiro atoms. The summed E-state index contributed by atoms with van der Waals surface area (Å²) < 4.78 is 11.3. The summed E-state index contributed by atoms with van der Waals surface area (Å²) in [5.41, 5.74) is 2.55. The van der Waals surface area contributed by atoms with E-state index in [2.05, 4.69) is 13.0 Å². The molecule has 0 aliphatic carbocycles. The maximum atomic E-state index is 11.1. The lowest BCUT2D eigenvalue weighted by atomic mass is 10.1. The molecule has 0 aromatic heterocycles. The summed E-state index contributed by atoms with van der Waals surface area (Å²) >= 11 is 0. The van der Waals surface area contributed by atoms with Gasteiger partial charge in [-0.1, -0.05) is 29.8 Å². The van der Waals surface area contributed by atoms with Crippen LogP contribution in [0.4, 0.5) is 0 Å². The van der Waals surface area contributed by atoms with Gasteiger partial charge in [0.15, 0.2) is 0 Å². The maximum Gasteiger partial charge on any atom is 0.339 e. The maximum absolute atomic E-state index is 11.1. The van der Waals surface area contributed by atoms with Crippen LogP contribution in [0.1, 0.15) is 34.3 Å². The van der Waals surface area contributed by atoms with E-state index in [9.17, 15) is 4.79 Å². The van der Waals surface area contributed by atoms with E-state index >= 15 is 0 Å². The standard InChI is InChI=1S/C19H22O4/c1-14-9-10-17(15(2)13-14)22-11-5-6-12-23-18-8-4-3-7-16(18)19(20)21/h3-4,7-10,13H,5-6,11-12H2,1-2H3,(H,20,21). The third-order valence-corrected chi connectivity index (χ3v) is 3.50. The number of hydrogen-bond acceptors (Lipinski definition) is 3. The van der Waals surface area contributed by atoms with Crippen LogP contribution < -0.4 is 9.47 Å². The Morgan fingerprint density at radius 1 is 0.957 bits per heavy atom. The van der Waals surface area contributed by atoms with Crippen molar-refractivity contribution >= 4 is 5.97 Å². The fourth-order valence-corrected chi connectivity index (χ4v) is 2.30. The second kappa shape index (κ2) is 8.22. The second-order valence-electron chi connectivity index (χ2n) is 5.47. The van der Waals surface area contributed by atoms with Gasteiger partial charge in [-0.3, -0.25) is 0 Å². The minimum absolute atomic E-state index is 0.194. The van der Waals surface area contributed by atoms with Crippen LogP contribution in [0.5, 0.6) is 11.5 Å². The highest BCUT2D eigenvalue weighted by molar-refractivity contribution is 5.90. The van der Waals surface area contributed by atoms with Gasteiger partial charge in [0.1, 0.15) is 17.1 Å². The summed E-state index contributed by atoms with van der Waals surface area (Å²) in [5, 5.41) is 9.08. The summed E-state index contributed by atoms with van der Waals surface area (Å²) in [5.74, 6) is 0.349. The average Bonchev–Trinajstić information content (AvgIpc) is 2.52. The molecule has 0 bridgehead atoms. The zero-order valence-corrected chi connectivity index (χ0v) is 13.5. The molecule has 2 rings (SSSR count). The van der Waals surface area contributed by atoms with Crippen LogP contribution in [0.2, 0.25) is 0 Å². The molecule has 0 aliphatic rings. The number of carboxylic acid groups (broad SMARTS) is 1. The predicted molar refractivity (Wildman–Crippen MR) is 89.5 cm³/mol. The van der Waals surface area contributed by atoms with Gasteiger partial charge in [0.05, 0.1) is 13.2 Å². The summed E-state index contributed by atoms with van der Waals surface area (Å²) in [7, 11) is 0. The number of para-hydroxylation sites is 1. The van der Waals surface area contributed by atoms with Crippen molar-refractivity contribution < 1.29 is 19.4 Å². The SMILES string of the molecule is Cc1ccc(OCCCCOc2ccccc2C(=O)O)c(C)c1. The Morgan fingerprint density at radius 2 is 1.61 bits per heavy atom. The topological polar surface area (TPSA) is 55.8 Å². The number of unbranched alkanes of at least 4 members (excludes halogenated alkanes) is 1. The Hall–Kier alpha value is -2.49. The van der Waals surface area contributed by atoms with E-state index < -0.39 is 5.97 Å². The van der Waals surface area contributed by atoms with Crippen LogP contribution in [0.3, 0.4) is 0 Å². The first-order chi connectivity index (χ1) is 11.1. The van der Waals surface area contributed by atoms with E-state index in [-0.39, 0.29) is 5.56 Å². The number of ether oxygens (including phenoxy) is 2. The second-order valence-corrected chi connectivity index (χ2v) is 5.47. The van der Waals surface area contributed by atoms with Crippen molar-refractivity contribution in [3.05, 3.63) is 59.2 Å². The summed E-state index contributed by atoms with van der Waals surface area (Å²) in [4.78, 5) is 11.1. The van der Waals surface area contributed by atoms with E-state index in [1.165, 1.54) is 5.56 Å². The minimum Gasteiger partial charge on any atom is -0.493 e. The lowest BCUT2D eigenvalue weighted by molar-refractivity contribution is 0.0692. The van der Waals surface area contributed by atoms with Crippen molar-refractivity contribution in [3.63, 3.8) is 0 Å². The van der Waals surface area contributed by atoms with Gasteiger partial charge >= 0.3 is 5.97 Å². The minimum atomic E-state index is -0.973. The van der Waals surface area contributed by atoms with E-state index in [1.54, 1.807) is 24.3 Å². The largest absolute Gasteiger partial charge is 0.493 e. The molecule has 0 aliphatic heterocycles. The van der Waals surface area contributed by atoms with Gasteiger partial charge in [-0.05, 0) is 50.5 Å². The Bertz CT molecular complexity index is 664. The van der Waals surface area contributed by atoms with E-state index in [0.29, 0.717) is 19.0 Å². The molecule has 1 N–H and O–H groups in total. The Morgan fingerprint density at radius 3 is 2.26 bits per heavy atom. The molecule has 0 saturated heterocycles. The molecule has 4 heteroatoms. The van der Waals surface area contributed by atoms with Gasteiger partial charge in [-0.2, -0.15) is 0 Å². The van der Waals surface area contributed by atoms with Gasteiger partial charge in [0.2, 0.25) is 0 Å². The van der Waals surface area contributed by atoms with Crippen molar-refractivity contribution in [2.75, 3.05) is 13.2 Å². The number of aromatic carboxylic acids is 1. The smallest absolute Gasteiger partial charge is 0.339 e. The van der Waals surface area contributed by atoms with E-state index in [4.69, 9.17) is 14.6 Å². The number of benzene rings is 2. The molecule has 0 heterocycles. The van der Waals surface area contributed by atoms with Gasteiger partial charge in [0, 0.05) is 0 Å². The third kappa shape index (κ3) is 5.02. The average molecular weight is 314 g/mol. The highest BCUT2D eigenvalue weighted by Gasteiger charge is 2.09. The molecule has 0 radical (unpaired) electrons. The molecular formula is C19H22O4. The van der Waals surface area contributed by atoms with Crippen LogP contribution in [-0.4, -0.2) is 24.3 Å². The molecule has 0 atom stereocenters. The normalized spacial score (nSPS) is 10.3. The molecule has 2 aromatic rings. The van der Waals surface area contributed by atoms with Gasteiger partial charge < -0.3 is 14.6 Å². The quantitative estimate of drug-likeness (QED) is 0.740. The van der Waals surface area contributed by atoms with Crippen molar-refractivity contribution in [2.24, 2.45) is 0 Å². The molecule has 122 valence electrons. The zero-order valence-electron chi connectivity index (χ0n) is 13.5. The van der Waals surface area contributed by atoms with Gasteiger partial charge in [-0.25, -0.2) is 4.79 Å². The van der Waals surface area contributed by atoms with Crippen molar-refractivity contribution in [2.45, 2.75) is 26.7 Å². The van der Waals surface area contributed by atoms with E-state index in [1.807, 2.05) is 19.1 Å². The molecule has 23 heavy (non-hydrogen) atoms. The monoisotopic (exact) mass is 314 g/mol. The molecule has 0 unspecified atom stereocenters. The first kappa shape index (κ1) is 16.9. The number of carbonyl (C=O) groups is 1.